The Bertz CT molecular complexity index is 1480. The maximum atomic E-state index is 13.9. The molecule has 0 fully saturated rings. The molecule has 3 amide bonds. The van der Waals surface area contributed by atoms with Gasteiger partial charge in [-0.25, -0.2) is 23.0 Å². The van der Waals surface area contributed by atoms with E-state index in [9.17, 15) is 22.8 Å². The van der Waals surface area contributed by atoms with E-state index in [0.29, 0.717) is 33.9 Å². The third-order valence-corrected chi connectivity index (χ3v) is 5.81. The number of urea groups is 1. The summed E-state index contributed by atoms with van der Waals surface area (Å²) in [5, 5.41) is 13.2. The first-order chi connectivity index (χ1) is 16.8. The fraction of sp³-hybridized carbons (Fsp3) is 0.120. The normalized spacial score (nSPS) is 17.7. The van der Waals surface area contributed by atoms with Gasteiger partial charge in [0.25, 0.3) is 0 Å². The highest BCUT2D eigenvalue weighted by Crippen LogP contribution is 2.31. The van der Waals surface area contributed by atoms with E-state index in [1.165, 1.54) is 19.1 Å². The van der Waals surface area contributed by atoms with Crippen molar-refractivity contribution in [3.05, 3.63) is 83.7 Å². The van der Waals surface area contributed by atoms with Gasteiger partial charge in [0.15, 0.2) is 0 Å². The van der Waals surface area contributed by atoms with Gasteiger partial charge in [-0.2, -0.15) is 5.10 Å². The fourth-order valence-electron chi connectivity index (χ4n) is 4.23. The van der Waals surface area contributed by atoms with Crippen LogP contribution in [0.25, 0.3) is 22.2 Å². The summed E-state index contributed by atoms with van der Waals surface area (Å²) < 4.78 is 41.0. The molecule has 0 saturated heterocycles. The minimum atomic E-state index is -1.02. The zero-order valence-electron chi connectivity index (χ0n) is 18.3. The Kier molecular flexibility index (Phi) is 5.56. The summed E-state index contributed by atoms with van der Waals surface area (Å²) in [5.74, 6) is -3.55. The van der Waals surface area contributed by atoms with Gasteiger partial charge >= 0.3 is 6.03 Å². The molecule has 7 nitrogen and oxygen atoms in total. The molecule has 1 aromatic heterocycles. The first-order valence-corrected chi connectivity index (χ1v) is 10.6. The molecule has 0 spiro atoms. The lowest BCUT2D eigenvalue weighted by atomic mass is 9.87. The number of halogens is 3. The van der Waals surface area contributed by atoms with Gasteiger partial charge in [-0.15, -0.1) is 0 Å². The van der Waals surface area contributed by atoms with Crippen LogP contribution in [0.4, 0.5) is 23.7 Å². The number of fused-ring (bicyclic) bond motifs is 1. The second kappa shape index (κ2) is 8.71. The molecule has 0 radical (unpaired) electrons. The van der Waals surface area contributed by atoms with Gasteiger partial charge < -0.3 is 10.6 Å². The quantitative estimate of drug-likeness (QED) is 0.380. The van der Waals surface area contributed by atoms with Crippen LogP contribution in [-0.2, 0) is 4.79 Å². The molecule has 2 heterocycles. The van der Waals surface area contributed by atoms with E-state index < -0.39 is 35.5 Å². The lowest BCUT2D eigenvalue weighted by molar-refractivity contribution is -0.118. The average molecular weight is 477 g/mol. The summed E-state index contributed by atoms with van der Waals surface area (Å²) in [4.78, 5) is 29.1. The standard InChI is InChI=1S/C25H18F3N5O2/c1-12-21(23(31-25(35)29-12)14-8-16(27)10-17(28)9-14)24(34)30-18-6-7-20-19(11-18)22(33-32-20)13-2-4-15(26)5-3-13/h2-11,21,23H,1H3,(H,30,34)(H,31,35)(H,32,33). The summed E-state index contributed by atoms with van der Waals surface area (Å²) in [6.45, 7) is 1.51. The number of rotatable bonds is 4. The maximum Gasteiger partial charge on any atom is 0.341 e. The lowest BCUT2D eigenvalue weighted by Crippen LogP contribution is -2.45. The number of anilines is 1. The second-order valence-corrected chi connectivity index (χ2v) is 8.19. The molecule has 2 atom stereocenters. The van der Waals surface area contributed by atoms with Crippen molar-refractivity contribution >= 4 is 34.2 Å². The van der Waals surface area contributed by atoms with Gasteiger partial charge in [0.2, 0.25) is 5.91 Å². The Hall–Kier alpha value is -4.47. The van der Waals surface area contributed by atoms with Crippen LogP contribution in [0.3, 0.4) is 0 Å². The van der Waals surface area contributed by atoms with Crippen LogP contribution in [0.5, 0.6) is 0 Å². The predicted molar refractivity (Wildman–Crippen MR) is 124 cm³/mol. The largest absolute Gasteiger partial charge is 0.341 e. The van der Waals surface area contributed by atoms with E-state index in [1.807, 2.05) is 0 Å². The number of aromatic amines is 1. The van der Waals surface area contributed by atoms with E-state index in [0.717, 1.165) is 12.1 Å². The fourth-order valence-corrected chi connectivity index (χ4v) is 4.23. The number of aliphatic imine (C=N–C) groups is 1. The molecule has 1 aliphatic rings. The van der Waals surface area contributed by atoms with Gasteiger partial charge in [0, 0.05) is 28.4 Å². The summed E-state index contributed by atoms with van der Waals surface area (Å²) in [5.41, 5.74) is 2.71. The second-order valence-electron chi connectivity index (χ2n) is 8.19. The number of H-pyrrole nitrogens is 1. The highest BCUT2D eigenvalue weighted by atomic mass is 19.1. The van der Waals surface area contributed by atoms with E-state index in [2.05, 4.69) is 25.8 Å². The molecule has 0 aliphatic carbocycles. The highest BCUT2D eigenvalue weighted by molar-refractivity contribution is 6.13. The van der Waals surface area contributed by atoms with Gasteiger partial charge in [0.05, 0.1) is 17.3 Å². The molecule has 2 unspecified atom stereocenters. The molecule has 0 saturated carbocycles. The molecule has 5 rings (SSSR count). The summed E-state index contributed by atoms with van der Waals surface area (Å²) in [7, 11) is 0. The molecular weight excluding hydrogens is 459 g/mol. The average Bonchev–Trinajstić information content (AvgIpc) is 3.21. The zero-order chi connectivity index (χ0) is 24.7. The summed E-state index contributed by atoms with van der Waals surface area (Å²) in [6.07, 6.45) is 0. The Morgan fingerprint density at radius 1 is 0.943 bits per heavy atom. The molecule has 4 aromatic rings. The third-order valence-electron chi connectivity index (χ3n) is 5.81. The number of nitrogens with zero attached hydrogens (tertiary/aromatic N) is 2. The SMILES string of the molecule is CC1=NC(=O)NC(c2cc(F)cc(F)c2)C1C(=O)Nc1ccc2[nH]nc(-c3ccc(F)cc3)c2c1. The number of carbonyl (C=O) groups excluding carboxylic acids is 2. The Labute approximate surface area is 197 Å². The maximum absolute atomic E-state index is 13.9. The van der Waals surface area contributed by atoms with Gasteiger partial charge in [-0.3, -0.25) is 9.89 Å². The number of hydrogen-bond donors (Lipinski definition) is 3. The number of amides is 3. The van der Waals surface area contributed by atoms with Crippen LogP contribution >= 0.6 is 0 Å². The molecule has 10 heteroatoms. The van der Waals surface area contributed by atoms with Crippen molar-refractivity contribution in [3.8, 4) is 11.3 Å². The number of benzene rings is 3. The first kappa shape index (κ1) is 22.3. The monoisotopic (exact) mass is 477 g/mol. The molecular formula is C25H18F3N5O2. The molecule has 0 bridgehead atoms. The topological polar surface area (TPSA) is 99.2 Å². The number of nitrogens with one attached hydrogen (secondary N) is 3. The van der Waals surface area contributed by atoms with Crippen molar-refractivity contribution in [3.63, 3.8) is 0 Å². The van der Waals surface area contributed by atoms with Crippen molar-refractivity contribution in [2.24, 2.45) is 10.9 Å². The van der Waals surface area contributed by atoms with Gasteiger partial charge in [-0.05, 0) is 67.1 Å². The minimum absolute atomic E-state index is 0.106. The molecule has 3 aromatic carbocycles. The molecule has 176 valence electrons. The highest BCUT2D eigenvalue weighted by Gasteiger charge is 2.37. The van der Waals surface area contributed by atoms with E-state index in [4.69, 9.17) is 0 Å². The van der Waals surface area contributed by atoms with Crippen molar-refractivity contribution in [2.75, 3.05) is 5.32 Å². The van der Waals surface area contributed by atoms with Crippen LogP contribution in [-0.4, -0.2) is 27.8 Å². The zero-order valence-corrected chi connectivity index (χ0v) is 18.3. The van der Waals surface area contributed by atoms with Crippen molar-refractivity contribution in [1.29, 1.82) is 0 Å². The predicted octanol–water partition coefficient (Wildman–Crippen LogP) is 5.13. The van der Waals surface area contributed by atoms with E-state index in [-0.39, 0.29) is 17.1 Å². The Morgan fingerprint density at radius 3 is 2.37 bits per heavy atom. The number of carbonyl (C=O) groups is 2. The Morgan fingerprint density at radius 2 is 1.66 bits per heavy atom. The van der Waals surface area contributed by atoms with Crippen molar-refractivity contribution < 1.29 is 22.8 Å². The van der Waals surface area contributed by atoms with Crippen molar-refractivity contribution in [1.82, 2.24) is 15.5 Å². The van der Waals surface area contributed by atoms with Crippen LogP contribution < -0.4 is 10.6 Å². The number of aromatic nitrogens is 2. The summed E-state index contributed by atoms with van der Waals surface area (Å²) >= 11 is 0. The minimum Gasteiger partial charge on any atom is -0.328 e. The molecule has 3 N–H and O–H groups in total. The molecule has 1 aliphatic heterocycles. The lowest BCUT2D eigenvalue weighted by Gasteiger charge is -2.30. The first-order valence-electron chi connectivity index (χ1n) is 10.6. The van der Waals surface area contributed by atoms with Crippen LogP contribution in [0, 0.1) is 23.4 Å². The van der Waals surface area contributed by atoms with Crippen molar-refractivity contribution in [2.45, 2.75) is 13.0 Å². The van der Waals surface area contributed by atoms with E-state index in [1.54, 1.807) is 30.3 Å². The third kappa shape index (κ3) is 4.37. The van der Waals surface area contributed by atoms with Crippen LogP contribution in [0.1, 0.15) is 18.5 Å². The van der Waals surface area contributed by atoms with E-state index >= 15 is 0 Å². The van der Waals surface area contributed by atoms with Gasteiger partial charge in [-0.1, -0.05) is 0 Å². The Balaban J connectivity index is 1.48. The smallest absolute Gasteiger partial charge is 0.328 e. The van der Waals surface area contributed by atoms with Crippen LogP contribution in [0.2, 0.25) is 0 Å². The molecule has 35 heavy (non-hydrogen) atoms. The summed E-state index contributed by atoms with van der Waals surface area (Å²) in [6, 6.07) is 12.1. The van der Waals surface area contributed by atoms with Crippen LogP contribution in [0.15, 0.2) is 65.7 Å². The number of hydrogen-bond acceptors (Lipinski definition) is 3. The van der Waals surface area contributed by atoms with Gasteiger partial charge in [0.1, 0.15) is 23.4 Å².